The molecule has 2 atom stereocenters. The number of aryl methyl sites for hydroxylation is 1. The van der Waals surface area contributed by atoms with Crippen molar-refractivity contribution in [3.05, 3.63) is 35.1 Å². The molecule has 0 saturated carbocycles. The molecule has 1 aromatic rings. The van der Waals surface area contributed by atoms with Gasteiger partial charge in [-0.1, -0.05) is 18.2 Å². The molecular formula is C13H20FNOS. The van der Waals surface area contributed by atoms with Crippen LogP contribution in [-0.2, 0) is 11.4 Å². The molecule has 0 aliphatic rings. The van der Waals surface area contributed by atoms with Gasteiger partial charge in [-0.15, -0.1) is 4.72 Å². The van der Waals surface area contributed by atoms with Crippen LogP contribution in [0.3, 0.4) is 0 Å². The van der Waals surface area contributed by atoms with Gasteiger partial charge >= 0.3 is 0 Å². The Morgan fingerprint density at radius 2 is 1.94 bits per heavy atom. The third-order valence-corrected chi connectivity index (χ3v) is 4.21. The maximum atomic E-state index is 13.9. The number of hydrogen-bond donors (Lipinski definition) is 1. The number of rotatable bonds is 3. The van der Waals surface area contributed by atoms with E-state index in [0.29, 0.717) is 11.1 Å². The van der Waals surface area contributed by atoms with Crippen molar-refractivity contribution in [2.75, 3.05) is 0 Å². The molecule has 1 N–H and O–H groups in total. The average Bonchev–Trinajstić information content (AvgIpc) is 2.20. The maximum absolute atomic E-state index is 13.9. The van der Waals surface area contributed by atoms with E-state index >= 15 is 0 Å². The van der Waals surface area contributed by atoms with Crippen molar-refractivity contribution < 1.29 is 8.94 Å². The Labute approximate surface area is 106 Å². The van der Waals surface area contributed by atoms with Gasteiger partial charge in [-0.2, -0.15) is 0 Å². The molecule has 0 heterocycles. The molecule has 0 spiro atoms. The molecule has 1 aromatic carbocycles. The van der Waals surface area contributed by atoms with E-state index in [4.69, 9.17) is 0 Å². The van der Waals surface area contributed by atoms with Crippen LogP contribution in [0.1, 0.15) is 44.9 Å². The molecular weight excluding hydrogens is 237 g/mol. The SMILES string of the molecule is Cc1cccc(C(C)N[S@+]([O-])C(C)(C)C)c1F. The van der Waals surface area contributed by atoms with Gasteiger partial charge in [0.15, 0.2) is 0 Å². The second-order valence-electron chi connectivity index (χ2n) is 5.20. The Morgan fingerprint density at radius 1 is 1.35 bits per heavy atom. The standard InChI is InChI=1S/C13H20FNOS/c1-9-7-6-8-11(12(9)14)10(2)15-17(16)13(3,4)5/h6-8,10,15H,1-5H3/t10?,17-/m1/s1. The maximum Gasteiger partial charge on any atom is 0.136 e. The summed E-state index contributed by atoms with van der Waals surface area (Å²) in [5.74, 6) is -0.224. The molecule has 4 heteroatoms. The van der Waals surface area contributed by atoms with Gasteiger partial charge in [-0.05, 0) is 40.2 Å². The van der Waals surface area contributed by atoms with Gasteiger partial charge < -0.3 is 4.55 Å². The van der Waals surface area contributed by atoms with E-state index < -0.39 is 11.4 Å². The van der Waals surface area contributed by atoms with Crippen molar-refractivity contribution in [3.8, 4) is 0 Å². The summed E-state index contributed by atoms with van der Waals surface area (Å²) in [5, 5.41) is 0. The van der Waals surface area contributed by atoms with Gasteiger partial charge in [0.05, 0.1) is 6.04 Å². The normalized spacial score (nSPS) is 15.7. The highest BCUT2D eigenvalue weighted by atomic mass is 32.2. The minimum Gasteiger partial charge on any atom is -0.598 e. The van der Waals surface area contributed by atoms with Crippen molar-refractivity contribution in [1.82, 2.24) is 4.72 Å². The first-order valence-electron chi connectivity index (χ1n) is 5.66. The van der Waals surface area contributed by atoms with Crippen molar-refractivity contribution in [3.63, 3.8) is 0 Å². The first-order valence-corrected chi connectivity index (χ1v) is 6.81. The van der Waals surface area contributed by atoms with Gasteiger partial charge in [-0.25, -0.2) is 4.39 Å². The summed E-state index contributed by atoms with van der Waals surface area (Å²) in [6.07, 6.45) is 0. The van der Waals surface area contributed by atoms with Crippen molar-refractivity contribution in [1.29, 1.82) is 0 Å². The summed E-state index contributed by atoms with van der Waals surface area (Å²) in [5.41, 5.74) is 1.17. The first kappa shape index (κ1) is 14.5. The van der Waals surface area contributed by atoms with Gasteiger partial charge in [0.2, 0.25) is 0 Å². The fraction of sp³-hybridized carbons (Fsp3) is 0.538. The van der Waals surface area contributed by atoms with Crippen molar-refractivity contribution in [2.45, 2.75) is 45.4 Å². The summed E-state index contributed by atoms with van der Waals surface area (Å²) in [7, 11) is 0. The van der Waals surface area contributed by atoms with E-state index in [1.54, 1.807) is 19.1 Å². The highest BCUT2D eigenvalue weighted by Crippen LogP contribution is 2.22. The predicted octanol–water partition coefficient (Wildman–Crippen LogP) is 3.25. The molecule has 0 fully saturated rings. The van der Waals surface area contributed by atoms with Gasteiger partial charge in [0.25, 0.3) is 0 Å². The second kappa shape index (κ2) is 5.38. The van der Waals surface area contributed by atoms with Crippen LogP contribution in [-0.4, -0.2) is 9.30 Å². The van der Waals surface area contributed by atoms with E-state index in [-0.39, 0.29) is 16.6 Å². The van der Waals surface area contributed by atoms with Crippen LogP contribution in [0.4, 0.5) is 4.39 Å². The zero-order valence-corrected chi connectivity index (χ0v) is 11.8. The minimum atomic E-state index is -1.20. The van der Waals surface area contributed by atoms with Gasteiger partial charge in [0, 0.05) is 16.9 Å². The van der Waals surface area contributed by atoms with Gasteiger partial charge in [0.1, 0.15) is 10.6 Å². The van der Waals surface area contributed by atoms with Crippen LogP contribution in [0.5, 0.6) is 0 Å². The van der Waals surface area contributed by atoms with Crippen LogP contribution in [0.15, 0.2) is 18.2 Å². The number of nitrogens with one attached hydrogen (secondary N) is 1. The topological polar surface area (TPSA) is 35.1 Å². The minimum absolute atomic E-state index is 0.224. The van der Waals surface area contributed by atoms with Crippen LogP contribution in [0.25, 0.3) is 0 Å². The third-order valence-electron chi connectivity index (χ3n) is 2.53. The molecule has 1 rings (SSSR count). The molecule has 0 amide bonds. The number of benzene rings is 1. The fourth-order valence-electron chi connectivity index (χ4n) is 1.41. The van der Waals surface area contributed by atoms with E-state index in [1.165, 1.54) is 0 Å². The van der Waals surface area contributed by atoms with Crippen molar-refractivity contribution in [2.24, 2.45) is 0 Å². The van der Waals surface area contributed by atoms with Crippen LogP contribution >= 0.6 is 0 Å². The average molecular weight is 257 g/mol. The van der Waals surface area contributed by atoms with E-state index in [0.717, 1.165) is 0 Å². The van der Waals surface area contributed by atoms with Crippen molar-refractivity contribution >= 4 is 11.4 Å². The molecule has 1 unspecified atom stereocenters. The quantitative estimate of drug-likeness (QED) is 0.844. The molecule has 0 bridgehead atoms. The zero-order chi connectivity index (χ0) is 13.2. The summed E-state index contributed by atoms with van der Waals surface area (Å²) in [6.45, 7) is 9.20. The Morgan fingerprint density at radius 3 is 2.47 bits per heavy atom. The Bertz CT molecular complexity index is 389. The summed E-state index contributed by atoms with van der Waals surface area (Å²) in [4.78, 5) is 0. The Hall–Kier alpha value is -0.580. The fourth-order valence-corrected chi connectivity index (χ4v) is 2.21. The zero-order valence-electron chi connectivity index (χ0n) is 11.0. The van der Waals surface area contributed by atoms with Crippen LogP contribution in [0, 0.1) is 12.7 Å². The summed E-state index contributed by atoms with van der Waals surface area (Å²) in [6, 6.07) is 4.99. The lowest BCUT2D eigenvalue weighted by Gasteiger charge is -2.26. The third kappa shape index (κ3) is 3.69. The van der Waals surface area contributed by atoms with Crippen LogP contribution in [0.2, 0.25) is 0 Å². The Kier molecular flexibility index (Phi) is 4.58. The number of halogens is 1. The van der Waals surface area contributed by atoms with Gasteiger partial charge in [-0.3, -0.25) is 0 Å². The molecule has 2 nitrogen and oxygen atoms in total. The lowest BCUT2D eigenvalue weighted by atomic mass is 10.1. The lowest BCUT2D eigenvalue weighted by molar-refractivity contribution is 0.521. The molecule has 0 radical (unpaired) electrons. The molecule has 0 aliphatic heterocycles. The lowest BCUT2D eigenvalue weighted by Crippen LogP contribution is -2.40. The molecule has 0 aromatic heterocycles. The molecule has 96 valence electrons. The largest absolute Gasteiger partial charge is 0.598 e. The van der Waals surface area contributed by atoms with E-state index in [2.05, 4.69) is 4.72 Å². The number of hydrogen-bond acceptors (Lipinski definition) is 2. The van der Waals surface area contributed by atoms with Crippen LogP contribution < -0.4 is 4.72 Å². The molecule has 17 heavy (non-hydrogen) atoms. The summed E-state index contributed by atoms with van der Waals surface area (Å²) >= 11 is -1.20. The second-order valence-corrected chi connectivity index (χ2v) is 7.20. The first-order chi connectivity index (χ1) is 7.73. The molecule has 0 aliphatic carbocycles. The highest BCUT2D eigenvalue weighted by Gasteiger charge is 2.29. The van der Waals surface area contributed by atoms with E-state index in [9.17, 15) is 8.94 Å². The van der Waals surface area contributed by atoms with E-state index in [1.807, 2.05) is 33.8 Å². The molecule has 0 saturated heterocycles. The predicted molar refractivity (Wildman–Crippen MR) is 70.6 cm³/mol. The smallest absolute Gasteiger partial charge is 0.136 e. The summed E-state index contributed by atoms with van der Waals surface area (Å²) < 4.78 is 28.4. The highest BCUT2D eigenvalue weighted by molar-refractivity contribution is 7.90. The monoisotopic (exact) mass is 257 g/mol. The Balaban J connectivity index is 2.84.